The van der Waals surface area contributed by atoms with Crippen molar-refractivity contribution < 1.29 is 22.1 Å². The lowest BCUT2D eigenvalue weighted by Gasteiger charge is -2.19. The van der Waals surface area contributed by atoms with E-state index in [9.17, 15) is 27.3 Å². The van der Waals surface area contributed by atoms with Crippen LogP contribution >= 0.6 is 0 Å². The van der Waals surface area contributed by atoms with Crippen molar-refractivity contribution >= 4 is 15.7 Å². The van der Waals surface area contributed by atoms with Crippen LogP contribution in [0.5, 0.6) is 0 Å². The quantitative estimate of drug-likeness (QED) is 0.614. The van der Waals surface area contributed by atoms with Gasteiger partial charge in [0, 0.05) is 30.2 Å². The predicted molar refractivity (Wildman–Crippen MR) is 90.1 cm³/mol. The van der Waals surface area contributed by atoms with Crippen molar-refractivity contribution in [3.63, 3.8) is 0 Å². The van der Waals surface area contributed by atoms with Gasteiger partial charge in [-0.25, -0.2) is 21.9 Å². The maximum absolute atomic E-state index is 14.1. The number of sulfonamides is 1. The second-order valence-electron chi connectivity index (χ2n) is 6.46. The topological polar surface area (TPSA) is 89.3 Å². The van der Waals surface area contributed by atoms with Crippen molar-refractivity contribution in [1.29, 1.82) is 0 Å². The number of nitrogens with zero attached hydrogens (tertiary/aromatic N) is 1. The first-order chi connectivity index (χ1) is 12.2. The first-order valence-electron chi connectivity index (χ1n) is 7.85. The van der Waals surface area contributed by atoms with Gasteiger partial charge in [-0.3, -0.25) is 10.1 Å². The molecule has 26 heavy (non-hydrogen) atoms. The highest BCUT2D eigenvalue weighted by Crippen LogP contribution is 2.54. The second-order valence-corrected chi connectivity index (χ2v) is 8.23. The summed E-state index contributed by atoms with van der Waals surface area (Å²) < 4.78 is 54.6. The molecule has 1 aliphatic carbocycles. The zero-order valence-electron chi connectivity index (χ0n) is 13.8. The van der Waals surface area contributed by atoms with Gasteiger partial charge >= 0.3 is 0 Å². The molecule has 9 heteroatoms. The largest absolute Gasteiger partial charge is 0.269 e. The van der Waals surface area contributed by atoms with Gasteiger partial charge in [-0.1, -0.05) is 13.0 Å². The van der Waals surface area contributed by atoms with Gasteiger partial charge in [-0.05, 0) is 36.1 Å². The second kappa shape index (κ2) is 6.40. The average Bonchev–Trinajstić information content (AvgIpc) is 3.24. The normalized spacial score (nSPS) is 22.2. The summed E-state index contributed by atoms with van der Waals surface area (Å²) in [6, 6.07) is 7.76. The number of rotatable bonds is 6. The Morgan fingerprint density at radius 3 is 2.35 bits per heavy atom. The van der Waals surface area contributed by atoms with E-state index in [-0.39, 0.29) is 28.6 Å². The minimum atomic E-state index is -3.92. The molecule has 0 heterocycles. The van der Waals surface area contributed by atoms with E-state index < -0.39 is 32.0 Å². The molecule has 2 aromatic carbocycles. The molecule has 2 unspecified atom stereocenters. The van der Waals surface area contributed by atoms with Gasteiger partial charge < -0.3 is 0 Å². The molecule has 2 atom stereocenters. The minimum Gasteiger partial charge on any atom is -0.258 e. The Morgan fingerprint density at radius 2 is 1.85 bits per heavy atom. The number of nitro benzene ring substituents is 1. The fourth-order valence-corrected chi connectivity index (χ4v) is 4.26. The summed E-state index contributed by atoms with van der Waals surface area (Å²) in [5, 5.41) is 10.7. The van der Waals surface area contributed by atoms with Crippen LogP contribution in [0.3, 0.4) is 0 Å². The third-order valence-electron chi connectivity index (χ3n) is 4.86. The van der Waals surface area contributed by atoms with Crippen LogP contribution in [-0.2, 0) is 15.4 Å². The smallest absolute Gasteiger partial charge is 0.258 e. The first kappa shape index (κ1) is 18.4. The highest BCUT2D eigenvalue weighted by molar-refractivity contribution is 7.89. The van der Waals surface area contributed by atoms with Crippen molar-refractivity contribution in [2.45, 2.75) is 23.7 Å². The van der Waals surface area contributed by atoms with Crippen molar-refractivity contribution in [2.75, 3.05) is 6.54 Å². The average molecular weight is 382 g/mol. The molecule has 0 spiro atoms. The molecule has 0 amide bonds. The fourth-order valence-electron chi connectivity index (χ4n) is 3.15. The number of nitrogens with one attached hydrogen (secondary N) is 1. The number of non-ortho nitro benzene ring substituents is 1. The van der Waals surface area contributed by atoms with Crippen LogP contribution < -0.4 is 4.72 Å². The highest BCUT2D eigenvalue weighted by atomic mass is 32.2. The molecule has 2 aromatic rings. The summed E-state index contributed by atoms with van der Waals surface area (Å²) in [6.07, 6.45) is 0.568. The number of halogens is 2. The van der Waals surface area contributed by atoms with Gasteiger partial charge in [0.1, 0.15) is 11.6 Å². The molecule has 1 aliphatic rings. The lowest BCUT2D eigenvalue weighted by Crippen LogP contribution is -2.33. The van der Waals surface area contributed by atoms with E-state index in [1.54, 1.807) is 0 Å². The van der Waals surface area contributed by atoms with E-state index in [2.05, 4.69) is 4.72 Å². The Labute approximate surface area is 149 Å². The van der Waals surface area contributed by atoms with Crippen LogP contribution in [0.25, 0.3) is 0 Å². The minimum absolute atomic E-state index is 0.0297. The Kier molecular flexibility index (Phi) is 4.53. The molecule has 0 aromatic heterocycles. The Morgan fingerprint density at radius 1 is 1.23 bits per heavy atom. The summed E-state index contributed by atoms with van der Waals surface area (Å²) >= 11 is 0. The zero-order valence-corrected chi connectivity index (χ0v) is 14.6. The van der Waals surface area contributed by atoms with Gasteiger partial charge in [0.05, 0.1) is 9.82 Å². The molecule has 1 N–H and O–H groups in total. The number of hydrogen-bond donors (Lipinski definition) is 1. The molecule has 1 saturated carbocycles. The third-order valence-corrected chi connectivity index (χ3v) is 6.27. The van der Waals surface area contributed by atoms with E-state index >= 15 is 0 Å². The Bertz CT molecular complexity index is 963. The monoisotopic (exact) mass is 382 g/mol. The highest BCUT2D eigenvalue weighted by Gasteiger charge is 2.53. The maximum atomic E-state index is 14.1. The summed E-state index contributed by atoms with van der Waals surface area (Å²) in [5.41, 5.74) is -0.673. The van der Waals surface area contributed by atoms with E-state index in [1.165, 1.54) is 6.07 Å². The number of hydrogen-bond acceptors (Lipinski definition) is 4. The van der Waals surface area contributed by atoms with Crippen LogP contribution in [-0.4, -0.2) is 19.9 Å². The molecule has 3 rings (SSSR count). The van der Waals surface area contributed by atoms with Gasteiger partial charge in [0.25, 0.3) is 5.69 Å². The molecule has 138 valence electrons. The van der Waals surface area contributed by atoms with Crippen molar-refractivity contribution in [1.82, 2.24) is 4.72 Å². The van der Waals surface area contributed by atoms with Crippen LogP contribution in [0, 0.1) is 27.7 Å². The lowest BCUT2D eigenvalue weighted by molar-refractivity contribution is -0.384. The molecule has 1 fully saturated rings. The standard InChI is InChI=1S/C17H16F2N2O4S/c1-11-9-17(11,15-7-2-12(18)8-16(15)19)10-20-26(24,25)14-5-3-13(4-6-14)21(22)23/h2-8,11,20H,9-10H2,1H3. The van der Waals surface area contributed by atoms with Crippen LogP contribution in [0.15, 0.2) is 47.4 Å². The Balaban J connectivity index is 1.81. The summed E-state index contributed by atoms with van der Waals surface area (Å²) in [6.45, 7) is 1.82. The lowest BCUT2D eigenvalue weighted by atomic mass is 9.93. The SMILES string of the molecule is CC1CC1(CNS(=O)(=O)c1ccc([N+](=O)[O-])cc1)c1ccc(F)cc1F. The molecule has 0 aliphatic heterocycles. The fraction of sp³-hybridized carbons (Fsp3) is 0.294. The van der Waals surface area contributed by atoms with E-state index in [0.717, 1.165) is 36.4 Å². The molecule has 0 radical (unpaired) electrons. The van der Waals surface area contributed by atoms with Crippen LogP contribution in [0.1, 0.15) is 18.9 Å². The maximum Gasteiger partial charge on any atom is 0.269 e. The molecule has 6 nitrogen and oxygen atoms in total. The van der Waals surface area contributed by atoms with E-state index in [0.29, 0.717) is 6.42 Å². The zero-order chi connectivity index (χ0) is 19.1. The van der Waals surface area contributed by atoms with Crippen molar-refractivity contribution in [3.8, 4) is 0 Å². The van der Waals surface area contributed by atoms with E-state index in [1.807, 2.05) is 6.92 Å². The summed E-state index contributed by atoms with van der Waals surface area (Å²) in [4.78, 5) is 9.91. The molecule has 0 saturated heterocycles. The van der Waals surface area contributed by atoms with Crippen LogP contribution in [0.2, 0.25) is 0 Å². The predicted octanol–water partition coefficient (Wildman–Crippen LogP) is 3.13. The number of nitro groups is 1. The molecular formula is C17H16F2N2O4S. The van der Waals surface area contributed by atoms with Gasteiger partial charge in [-0.2, -0.15) is 0 Å². The third kappa shape index (κ3) is 3.32. The van der Waals surface area contributed by atoms with Crippen molar-refractivity contribution in [2.24, 2.45) is 5.92 Å². The van der Waals surface area contributed by atoms with Crippen LogP contribution in [0.4, 0.5) is 14.5 Å². The summed E-state index contributed by atoms with van der Waals surface area (Å²) in [7, 11) is -3.92. The van der Waals surface area contributed by atoms with E-state index in [4.69, 9.17) is 0 Å². The molecular weight excluding hydrogens is 366 g/mol. The molecule has 0 bridgehead atoms. The van der Waals surface area contributed by atoms with Gasteiger partial charge in [0.2, 0.25) is 10.0 Å². The van der Waals surface area contributed by atoms with Crippen molar-refractivity contribution in [3.05, 3.63) is 69.8 Å². The summed E-state index contributed by atoms with van der Waals surface area (Å²) in [5.74, 6) is -1.37. The first-order valence-corrected chi connectivity index (χ1v) is 9.34. The number of benzene rings is 2. The Hall–Kier alpha value is -2.39. The van der Waals surface area contributed by atoms with Gasteiger partial charge in [0.15, 0.2) is 0 Å². The van der Waals surface area contributed by atoms with Gasteiger partial charge in [-0.15, -0.1) is 0 Å².